The number of amides is 3. The van der Waals surface area contributed by atoms with Gasteiger partial charge in [-0.25, -0.2) is 0 Å². The lowest BCUT2D eigenvalue weighted by atomic mass is 9.78. The first-order valence-electron chi connectivity index (χ1n) is 12.5. The number of nitrogens with zero attached hydrogens (tertiary/aromatic N) is 1. The second-order valence-corrected chi connectivity index (χ2v) is 11.7. The molecule has 11 N–H and O–H groups in total. The van der Waals surface area contributed by atoms with Gasteiger partial charge in [-0.3, -0.25) is 24.2 Å². The van der Waals surface area contributed by atoms with E-state index >= 15 is 0 Å². The Hall–Kier alpha value is -3.87. The summed E-state index contributed by atoms with van der Waals surface area (Å²) in [5.41, 5.74) is 15.1. The number of phenolic OH excluding ortho intramolecular Hbond substituents is 1. The molecular formula is C26H43N7O6. The molecule has 0 radical (unpaired) electrons. The minimum Gasteiger partial charge on any atom is -0.507 e. The molecule has 0 bridgehead atoms. The highest BCUT2D eigenvalue weighted by molar-refractivity contribution is 6.00. The van der Waals surface area contributed by atoms with E-state index in [0.717, 1.165) is 0 Å². The van der Waals surface area contributed by atoms with Crippen molar-refractivity contribution in [3.63, 3.8) is 0 Å². The van der Waals surface area contributed by atoms with E-state index < -0.39 is 52.8 Å². The molecule has 0 aromatic heterocycles. The highest BCUT2D eigenvalue weighted by Crippen LogP contribution is 2.39. The van der Waals surface area contributed by atoms with Crippen molar-refractivity contribution in [2.45, 2.75) is 83.8 Å². The van der Waals surface area contributed by atoms with E-state index in [1.165, 1.54) is 6.92 Å². The lowest BCUT2D eigenvalue weighted by Crippen LogP contribution is -2.65. The number of phenols is 1. The fraction of sp³-hybridized carbons (Fsp3) is 0.577. The quantitative estimate of drug-likeness (QED) is 0.0809. The summed E-state index contributed by atoms with van der Waals surface area (Å²) in [6.07, 6.45) is 0.357. The molecule has 218 valence electrons. The van der Waals surface area contributed by atoms with Gasteiger partial charge >= 0.3 is 5.97 Å². The zero-order valence-electron chi connectivity index (χ0n) is 23.8. The van der Waals surface area contributed by atoms with Gasteiger partial charge in [-0.15, -0.1) is 0 Å². The van der Waals surface area contributed by atoms with E-state index in [1.54, 1.807) is 12.1 Å². The van der Waals surface area contributed by atoms with Crippen LogP contribution in [0.2, 0.25) is 0 Å². The Balaban J connectivity index is 3.21. The Bertz CT molecular complexity index is 1080. The first-order valence-corrected chi connectivity index (χ1v) is 12.5. The van der Waals surface area contributed by atoms with Crippen molar-refractivity contribution >= 4 is 29.7 Å². The van der Waals surface area contributed by atoms with Crippen molar-refractivity contribution in [3.05, 3.63) is 28.8 Å². The van der Waals surface area contributed by atoms with Crippen LogP contribution in [0, 0.1) is 0 Å². The Morgan fingerprint density at radius 2 is 1.49 bits per heavy atom. The number of aliphatic carboxylic acids is 1. The number of aromatic hydroxyl groups is 1. The fourth-order valence-electron chi connectivity index (χ4n) is 3.64. The van der Waals surface area contributed by atoms with E-state index in [4.69, 9.17) is 22.3 Å². The molecule has 3 amide bonds. The van der Waals surface area contributed by atoms with Crippen molar-refractivity contribution in [2.75, 3.05) is 13.1 Å². The largest absolute Gasteiger partial charge is 0.507 e. The Morgan fingerprint density at radius 3 is 1.92 bits per heavy atom. The first-order chi connectivity index (χ1) is 17.7. The molecule has 1 rings (SSSR count). The summed E-state index contributed by atoms with van der Waals surface area (Å²) < 4.78 is 0. The molecule has 0 aliphatic carbocycles. The van der Waals surface area contributed by atoms with Gasteiger partial charge in [0.25, 0.3) is 11.8 Å². The second-order valence-electron chi connectivity index (χ2n) is 11.7. The van der Waals surface area contributed by atoms with Gasteiger partial charge in [0.15, 0.2) is 11.6 Å². The van der Waals surface area contributed by atoms with Crippen molar-refractivity contribution < 1.29 is 29.4 Å². The average molecular weight is 550 g/mol. The lowest BCUT2D eigenvalue weighted by molar-refractivity contribution is -0.138. The zero-order valence-corrected chi connectivity index (χ0v) is 23.8. The summed E-state index contributed by atoms with van der Waals surface area (Å²) in [6, 6.07) is 1.94. The van der Waals surface area contributed by atoms with E-state index in [0.29, 0.717) is 11.1 Å². The van der Waals surface area contributed by atoms with Crippen LogP contribution in [-0.2, 0) is 25.2 Å². The highest BCUT2D eigenvalue weighted by atomic mass is 16.4. The number of hydrogen-bond donors (Lipinski definition) is 8. The van der Waals surface area contributed by atoms with Crippen LogP contribution in [0.5, 0.6) is 5.75 Å². The third-order valence-electron chi connectivity index (χ3n) is 5.81. The van der Waals surface area contributed by atoms with Crippen molar-refractivity contribution in [1.82, 2.24) is 16.0 Å². The second kappa shape index (κ2) is 12.8. The fourth-order valence-corrected chi connectivity index (χ4v) is 3.64. The third kappa shape index (κ3) is 10.1. The molecule has 0 spiro atoms. The Labute approximate surface area is 229 Å². The Morgan fingerprint density at radius 1 is 0.974 bits per heavy atom. The number of nitrogens with one attached hydrogen (secondary N) is 3. The van der Waals surface area contributed by atoms with Crippen LogP contribution in [0.15, 0.2) is 17.1 Å². The van der Waals surface area contributed by atoms with Gasteiger partial charge in [-0.2, -0.15) is 0 Å². The summed E-state index contributed by atoms with van der Waals surface area (Å²) >= 11 is 0. The molecule has 1 unspecified atom stereocenters. The third-order valence-corrected chi connectivity index (χ3v) is 5.81. The number of benzene rings is 1. The van der Waals surface area contributed by atoms with E-state index in [1.807, 2.05) is 41.5 Å². The standard InChI is InChI=1S/C26H43N7O6/c1-24(2,3)15-11-14(12-16(19(15)36)25(4,5)6)20(37)33-26(7,29)22(39)32-17(9-8-10-30-23(27)28)21(38)31-13-18(34)35/h11-12,17,36H,8-10,13,29H2,1-7H3,(H,31,38)(H,32,39)(H,33,37)(H,34,35)(H4,27,28,30)/t17-,26?/m0/s1. The molecule has 0 saturated heterocycles. The van der Waals surface area contributed by atoms with Crippen molar-refractivity contribution in [1.29, 1.82) is 0 Å². The van der Waals surface area contributed by atoms with Crippen LogP contribution >= 0.6 is 0 Å². The van der Waals surface area contributed by atoms with Gasteiger partial charge in [0, 0.05) is 23.2 Å². The van der Waals surface area contributed by atoms with Crippen LogP contribution in [0.25, 0.3) is 0 Å². The molecule has 1 aromatic carbocycles. The van der Waals surface area contributed by atoms with Gasteiger partial charge in [-0.05, 0) is 42.7 Å². The topological polar surface area (TPSA) is 235 Å². The predicted molar refractivity (Wildman–Crippen MR) is 148 cm³/mol. The van der Waals surface area contributed by atoms with Crippen molar-refractivity contribution in [2.24, 2.45) is 22.2 Å². The van der Waals surface area contributed by atoms with Crippen LogP contribution in [0.4, 0.5) is 0 Å². The molecule has 1 aromatic rings. The van der Waals surface area contributed by atoms with Crippen LogP contribution < -0.4 is 33.2 Å². The monoisotopic (exact) mass is 549 g/mol. The van der Waals surface area contributed by atoms with Crippen LogP contribution in [0.3, 0.4) is 0 Å². The predicted octanol–water partition coefficient (Wildman–Crippen LogP) is 0.131. The van der Waals surface area contributed by atoms with Crippen LogP contribution in [0.1, 0.15) is 82.8 Å². The molecule has 0 heterocycles. The van der Waals surface area contributed by atoms with Crippen LogP contribution in [-0.4, -0.2) is 64.7 Å². The van der Waals surface area contributed by atoms with Gasteiger partial charge in [0.2, 0.25) is 5.91 Å². The average Bonchev–Trinajstić information content (AvgIpc) is 2.77. The molecule has 2 atom stereocenters. The minimum atomic E-state index is -1.95. The molecule has 0 aliphatic heterocycles. The molecule has 39 heavy (non-hydrogen) atoms. The zero-order chi connectivity index (χ0) is 30.3. The van der Waals surface area contributed by atoms with Crippen molar-refractivity contribution in [3.8, 4) is 5.75 Å². The molecule has 13 nitrogen and oxygen atoms in total. The van der Waals surface area contributed by atoms with E-state index in [-0.39, 0.29) is 36.7 Å². The number of aliphatic imine (C=N–C) groups is 1. The number of carbonyl (C=O) groups is 4. The first kappa shape index (κ1) is 33.2. The molecule has 0 saturated carbocycles. The summed E-state index contributed by atoms with van der Waals surface area (Å²) in [6.45, 7) is 12.2. The SMILES string of the molecule is CC(N)(NC(=O)c1cc(C(C)(C)C)c(O)c(C(C)(C)C)c1)C(=O)N[C@@H](CCCN=C(N)N)C(=O)NCC(=O)O. The maximum Gasteiger partial charge on any atom is 0.322 e. The number of nitrogens with two attached hydrogens (primary N) is 3. The summed E-state index contributed by atoms with van der Waals surface area (Å²) in [5.74, 6) is -3.59. The summed E-state index contributed by atoms with van der Waals surface area (Å²) in [7, 11) is 0. The number of carboxylic acids is 1. The number of carboxylic acid groups (broad SMARTS) is 1. The molecular weight excluding hydrogens is 506 g/mol. The number of carbonyl (C=O) groups excluding carboxylic acids is 3. The maximum atomic E-state index is 13.3. The molecule has 0 aliphatic rings. The normalized spacial score (nSPS) is 13.9. The summed E-state index contributed by atoms with van der Waals surface area (Å²) in [5, 5.41) is 27.0. The smallest absolute Gasteiger partial charge is 0.322 e. The lowest BCUT2D eigenvalue weighted by Gasteiger charge is -2.30. The van der Waals surface area contributed by atoms with Gasteiger partial charge in [-0.1, -0.05) is 41.5 Å². The van der Waals surface area contributed by atoms with E-state index in [9.17, 15) is 24.3 Å². The number of guanidine groups is 1. The minimum absolute atomic E-state index is 0.0693. The number of hydrogen-bond acceptors (Lipinski definition) is 7. The Kier molecular flexibility index (Phi) is 10.9. The summed E-state index contributed by atoms with van der Waals surface area (Å²) in [4.78, 5) is 53.6. The highest BCUT2D eigenvalue weighted by Gasteiger charge is 2.35. The van der Waals surface area contributed by atoms with Gasteiger partial charge in [0.05, 0.1) is 0 Å². The number of rotatable bonds is 11. The van der Waals surface area contributed by atoms with Gasteiger partial charge in [0.1, 0.15) is 18.3 Å². The van der Waals surface area contributed by atoms with Gasteiger partial charge < -0.3 is 43.4 Å². The molecule has 0 fully saturated rings. The van der Waals surface area contributed by atoms with E-state index in [2.05, 4.69) is 20.9 Å². The maximum absolute atomic E-state index is 13.3. The molecule has 13 heteroatoms.